The number of nitrogens with zero attached hydrogens (tertiary/aromatic N) is 1. The summed E-state index contributed by atoms with van der Waals surface area (Å²) < 4.78 is 0. The number of benzene rings is 2. The van der Waals surface area contributed by atoms with Crippen LogP contribution in [0.15, 0.2) is 66.4 Å². The molecule has 0 fully saturated rings. The van der Waals surface area contributed by atoms with E-state index in [0.717, 1.165) is 17.1 Å². The molecule has 2 aromatic rings. The molecule has 0 spiro atoms. The van der Waals surface area contributed by atoms with Gasteiger partial charge in [0.1, 0.15) is 11.6 Å². The number of nitriles is 1. The highest BCUT2D eigenvalue weighted by Gasteiger charge is 2.09. The Balaban J connectivity index is 1.99. The van der Waals surface area contributed by atoms with Crippen LogP contribution >= 0.6 is 0 Å². The molecule has 1 amide bonds. The minimum atomic E-state index is -0.387. The summed E-state index contributed by atoms with van der Waals surface area (Å²) in [5.74, 6) is -0.387. The molecule has 0 unspecified atom stereocenters. The first-order valence-electron chi connectivity index (χ1n) is 7.68. The largest absolute Gasteiger partial charge is 0.360 e. The molecular formula is C19H20N4O. The molecule has 0 bridgehead atoms. The van der Waals surface area contributed by atoms with Gasteiger partial charge in [-0.25, -0.2) is 0 Å². The van der Waals surface area contributed by atoms with Gasteiger partial charge >= 0.3 is 0 Å². The van der Waals surface area contributed by atoms with E-state index in [9.17, 15) is 4.79 Å². The zero-order chi connectivity index (χ0) is 17.4. The second kappa shape index (κ2) is 8.39. The SMILES string of the molecule is CC(C)NC(=O)/C(C#N)=C\Nc1ccc(Nc2ccccc2)cc1. The van der Waals surface area contributed by atoms with Gasteiger partial charge in [0.2, 0.25) is 0 Å². The van der Waals surface area contributed by atoms with Crippen LogP contribution in [0.5, 0.6) is 0 Å². The predicted molar refractivity (Wildman–Crippen MR) is 96.8 cm³/mol. The normalized spacial score (nSPS) is 10.8. The summed E-state index contributed by atoms with van der Waals surface area (Å²) in [6, 6.07) is 19.3. The van der Waals surface area contributed by atoms with Gasteiger partial charge in [-0.05, 0) is 50.2 Å². The van der Waals surface area contributed by atoms with Crippen LogP contribution in [0, 0.1) is 11.3 Å². The van der Waals surface area contributed by atoms with Gasteiger partial charge in [0.15, 0.2) is 0 Å². The Hall–Kier alpha value is -3.26. The minimum absolute atomic E-state index is 0.0161. The van der Waals surface area contributed by atoms with Gasteiger partial charge in [-0.15, -0.1) is 0 Å². The summed E-state index contributed by atoms with van der Waals surface area (Å²) in [5.41, 5.74) is 2.79. The van der Waals surface area contributed by atoms with Crippen molar-refractivity contribution in [1.29, 1.82) is 5.26 Å². The summed E-state index contributed by atoms with van der Waals surface area (Å²) in [7, 11) is 0. The third-order valence-electron chi connectivity index (χ3n) is 3.12. The molecule has 0 aliphatic heterocycles. The minimum Gasteiger partial charge on any atom is -0.360 e. The van der Waals surface area contributed by atoms with E-state index >= 15 is 0 Å². The fourth-order valence-corrected chi connectivity index (χ4v) is 1.98. The predicted octanol–water partition coefficient (Wildman–Crippen LogP) is 3.77. The van der Waals surface area contributed by atoms with Crippen molar-refractivity contribution < 1.29 is 4.79 Å². The number of para-hydroxylation sites is 1. The smallest absolute Gasteiger partial charge is 0.263 e. The van der Waals surface area contributed by atoms with Crippen LogP contribution in [0.4, 0.5) is 17.1 Å². The fourth-order valence-electron chi connectivity index (χ4n) is 1.98. The quantitative estimate of drug-likeness (QED) is 0.559. The Bertz CT molecular complexity index is 743. The van der Waals surface area contributed by atoms with E-state index in [1.165, 1.54) is 6.20 Å². The van der Waals surface area contributed by atoms with E-state index < -0.39 is 0 Å². The standard InChI is InChI=1S/C19H20N4O/c1-14(2)22-19(24)15(12-20)13-21-16-8-10-18(11-9-16)23-17-6-4-3-5-7-17/h3-11,13-14,21,23H,1-2H3,(H,22,24)/b15-13-. The van der Waals surface area contributed by atoms with Gasteiger partial charge in [-0.2, -0.15) is 5.26 Å². The molecule has 2 rings (SSSR count). The van der Waals surface area contributed by atoms with E-state index in [-0.39, 0.29) is 17.5 Å². The van der Waals surface area contributed by atoms with Gasteiger partial charge in [0, 0.05) is 29.3 Å². The first kappa shape index (κ1) is 17.1. The van der Waals surface area contributed by atoms with Crippen LogP contribution in [0.1, 0.15) is 13.8 Å². The first-order valence-corrected chi connectivity index (χ1v) is 7.68. The molecule has 24 heavy (non-hydrogen) atoms. The summed E-state index contributed by atoms with van der Waals surface area (Å²) in [6.45, 7) is 3.69. The lowest BCUT2D eigenvalue weighted by Crippen LogP contribution is -2.31. The maximum atomic E-state index is 11.8. The highest BCUT2D eigenvalue weighted by atomic mass is 16.1. The van der Waals surface area contributed by atoms with Gasteiger partial charge in [0.05, 0.1) is 0 Å². The number of nitrogens with one attached hydrogen (secondary N) is 3. The van der Waals surface area contributed by atoms with Gasteiger partial charge in [-0.3, -0.25) is 4.79 Å². The van der Waals surface area contributed by atoms with E-state index in [1.807, 2.05) is 74.5 Å². The highest BCUT2D eigenvalue weighted by Crippen LogP contribution is 2.18. The van der Waals surface area contributed by atoms with Crippen LogP contribution in [0.25, 0.3) is 0 Å². The molecule has 0 aliphatic rings. The van der Waals surface area contributed by atoms with Crippen LogP contribution in [0.2, 0.25) is 0 Å². The third-order valence-corrected chi connectivity index (χ3v) is 3.12. The molecule has 2 aromatic carbocycles. The van der Waals surface area contributed by atoms with Crippen molar-refractivity contribution in [2.24, 2.45) is 0 Å². The summed E-state index contributed by atoms with van der Waals surface area (Å²) in [5, 5.41) is 18.0. The molecule has 0 atom stereocenters. The zero-order valence-electron chi connectivity index (χ0n) is 13.7. The molecule has 5 nitrogen and oxygen atoms in total. The lowest BCUT2D eigenvalue weighted by molar-refractivity contribution is -0.117. The van der Waals surface area contributed by atoms with Crippen molar-refractivity contribution in [2.75, 3.05) is 10.6 Å². The van der Waals surface area contributed by atoms with Crippen molar-refractivity contribution in [3.8, 4) is 6.07 Å². The number of carbonyl (C=O) groups is 1. The number of anilines is 3. The Labute approximate surface area is 142 Å². The van der Waals surface area contributed by atoms with Crippen LogP contribution < -0.4 is 16.0 Å². The molecule has 0 heterocycles. The Morgan fingerprint density at radius 3 is 2.17 bits per heavy atom. The van der Waals surface area contributed by atoms with E-state index in [0.29, 0.717) is 0 Å². The molecule has 0 radical (unpaired) electrons. The molecule has 0 aromatic heterocycles. The molecule has 0 saturated heterocycles. The number of hydrogen-bond donors (Lipinski definition) is 3. The third kappa shape index (κ3) is 5.18. The maximum Gasteiger partial charge on any atom is 0.263 e. The monoisotopic (exact) mass is 320 g/mol. The van der Waals surface area contributed by atoms with Gasteiger partial charge < -0.3 is 16.0 Å². The van der Waals surface area contributed by atoms with Gasteiger partial charge in [0.25, 0.3) is 5.91 Å². The van der Waals surface area contributed by atoms with Crippen molar-refractivity contribution >= 4 is 23.0 Å². The molecule has 3 N–H and O–H groups in total. The Morgan fingerprint density at radius 2 is 1.58 bits per heavy atom. The number of hydrogen-bond acceptors (Lipinski definition) is 4. The van der Waals surface area contributed by atoms with Gasteiger partial charge in [-0.1, -0.05) is 18.2 Å². The van der Waals surface area contributed by atoms with E-state index in [2.05, 4.69) is 16.0 Å². The van der Waals surface area contributed by atoms with E-state index in [1.54, 1.807) is 0 Å². The van der Waals surface area contributed by atoms with Crippen molar-refractivity contribution in [3.05, 3.63) is 66.4 Å². The van der Waals surface area contributed by atoms with Crippen LogP contribution in [0.3, 0.4) is 0 Å². The van der Waals surface area contributed by atoms with Crippen LogP contribution in [-0.2, 0) is 4.79 Å². The summed E-state index contributed by atoms with van der Waals surface area (Å²) >= 11 is 0. The Morgan fingerprint density at radius 1 is 1.00 bits per heavy atom. The molecule has 122 valence electrons. The molecule has 0 aliphatic carbocycles. The lowest BCUT2D eigenvalue weighted by atomic mass is 10.2. The second-order valence-corrected chi connectivity index (χ2v) is 5.51. The zero-order valence-corrected chi connectivity index (χ0v) is 13.7. The number of carbonyl (C=O) groups excluding carboxylic acids is 1. The topological polar surface area (TPSA) is 77.0 Å². The highest BCUT2D eigenvalue weighted by molar-refractivity contribution is 5.97. The van der Waals surface area contributed by atoms with Crippen molar-refractivity contribution in [3.63, 3.8) is 0 Å². The van der Waals surface area contributed by atoms with Crippen molar-refractivity contribution in [2.45, 2.75) is 19.9 Å². The van der Waals surface area contributed by atoms with Crippen LogP contribution in [-0.4, -0.2) is 11.9 Å². The number of amides is 1. The average molecular weight is 320 g/mol. The fraction of sp³-hybridized carbons (Fsp3) is 0.158. The first-order chi connectivity index (χ1) is 11.6. The molecular weight excluding hydrogens is 300 g/mol. The number of rotatable bonds is 6. The second-order valence-electron chi connectivity index (χ2n) is 5.51. The Kier molecular flexibility index (Phi) is 5.98. The lowest BCUT2D eigenvalue weighted by Gasteiger charge is -2.09. The summed E-state index contributed by atoms with van der Waals surface area (Å²) in [4.78, 5) is 11.8. The van der Waals surface area contributed by atoms with Crippen molar-refractivity contribution in [1.82, 2.24) is 5.32 Å². The molecule has 5 heteroatoms. The maximum absolute atomic E-state index is 11.8. The van der Waals surface area contributed by atoms with E-state index in [4.69, 9.17) is 5.26 Å². The average Bonchev–Trinajstić information content (AvgIpc) is 2.57. The summed E-state index contributed by atoms with van der Waals surface area (Å²) in [6.07, 6.45) is 1.41. The molecule has 0 saturated carbocycles.